The standard InChI is InChI=1S/C33H56N6O2S/c1-31(2)19-22-5-4-16-34-26-6-3-7-28(36-26)42-35-20-23-8-9-27(37-29(23)39(31)21-22)38-17-10-24(30(38)40)41-18-11-25-32(12-13-32)33(25)14-15-33/h22-29,34-37H,3-21H2,1-2H3/t22-,23?,24?,26?,27?,28?,29?/m0/s1. The summed E-state index contributed by atoms with van der Waals surface area (Å²) in [6.07, 6.45) is 18.2. The van der Waals surface area contributed by atoms with Crippen molar-refractivity contribution >= 4 is 17.9 Å². The van der Waals surface area contributed by atoms with Crippen molar-refractivity contribution in [3.05, 3.63) is 0 Å². The molecule has 236 valence electrons. The van der Waals surface area contributed by atoms with Crippen molar-refractivity contribution in [2.75, 3.05) is 32.8 Å². The molecule has 4 N–H and O–H groups in total. The Balaban J connectivity index is 0.909. The molecule has 1 amide bonds. The van der Waals surface area contributed by atoms with Crippen LogP contribution in [-0.4, -0.2) is 84.0 Å². The quantitative estimate of drug-likeness (QED) is 0.353. The van der Waals surface area contributed by atoms with E-state index < -0.39 is 0 Å². The number of carbonyl (C=O) groups excluding carboxylic acids is 1. The zero-order valence-electron chi connectivity index (χ0n) is 26.2. The lowest BCUT2D eigenvalue weighted by Crippen LogP contribution is -2.65. The van der Waals surface area contributed by atoms with E-state index in [9.17, 15) is 4.79 Å². The number of hydrogen-bond donors (Lipinski definition) is 4. The van der Waals surface area contributed by atoms with Gasteiger partial charge in [-0.2, -0.15) is 0 Å². The highest BCUT2D eigenvalue weighted by molar-refractivity contribution is 7.98. The highest BCUT2D eigenvalue weighted by Gasteiger charge is 2.85. The first kappa shape index (κ1) is 29.0. The van der Waals surface area contributed by atoms with Crippen molar-refractivity contribution in [2.45, 2.75) is 139 Å². The third-order valence-corrected chi connectivity index (χ3v) is 14.2. The minimum absolute atomic E-state index is 0.120. The molecule has 42 heavy (non-hydrogen) atoms. The van der Waals surface area contributed by atoms with Crippen LogP contribution in [0, 0.1) is 28.6 Å². The number of fused-ring (bicyclic) bond motifs is 7. The minimum atomic E-state index is -0.229. The van der Waals surface area contributed by atoms with Crippen LogP contribution in [0.15, 0.2) is 0 Å². The summed E-state index contributed by atoms with van der Waals surface area (Å²) in [4.78, 5) is 18.6. The number of hydrogen-bond acceptors (Lipinski definition) is 8. The summed E-state index contributed by atoms with van der Waals surface area (Å²) in [7, 11) is 0. The van der Waals surface area contributed by atoms with E-state index in [4.69, 9.17) is 4.74 Å². The molecule has 2 spiro atoms. The first-order valence-electron chi connectivity index (χ1n) is 17.7. The van der Waals surface area contributed by atoms with Gasteiger partial charge >= 0.3 is 0 Å². The van der Waals surface area contributed by atoms with Gasteiger partial charge in [-0.15, -0.1) is 0 Å². The summed E-state index contributed by atoms with van der Waals surface area (Å²) in [6, 6.07) is 0. The van der Waals surface area contributed by atoms with E-state index in [0.717, 1.165) is 74.7 Å². The van der Waals surface area contributed by atoms with Crippen LogP contribution < -0.4 is 20.7 Å². The molecule has 8 fully saturated rings. The molecule has 9 heteroatoms. The maximum atomic E-state index is 13.7. The van der Waals surface area contributed by atoms with Crippen molar-refractivity contribution in [1.82, 2.24) is 30.5 Å². The van der Waals surface area contributed by atoms with Gasteiger partial charge in [-0.1, -0.05) is 11.9 Å². The molecule has 3 aliphatic carbocycles. The molecule has 0 aromatic rings. The molecule has 0 aromatic heterocycles. The van der Waals surface area contributed by atoms with Gasteiger partial charge in [0.15, 0.2) is 0 Å². The maximum Gasteiger partial charge on any atom is 0.253 e. The highest BCUT2D eigenvalue weighted by Crippen LogP contribution is 2.93. The van der Waals surface area contributed by atoms with Crippen molar-refractivity contribution in [3.63, 3.8) is 0 Å². The van der Waals surface area contributed by atoms with Crippen LogP contribution in [-0.2, 0) is 9.53 Å². The predicted octanol–water partition coefficient (Wildman–Crippen LogP) is 3.98. The predicted molar refractivity (Wildman–Crippen MR) is 167 cm³/mol. The molecule has 8 aliphatic rings. The Kier molecular flexibility index (Phi) is 7.69. The molecule has 7 unspecified atom stereocenters. The van der Waals surface area contributed by atoms with Gasteiger partial charge in [0.25, 0.3) is 5.91 Å². The van der Waals surface area contributed by atoms with Crippen molar-refractivity contribution < 1.29 is 9.53 Å². The Hall–Kier alpha value is -0.420. The Bertz CT molecular complexity index is 1000. The Labute approximate surface area is 258 Å². The second-order valence-corrected chi connectivity index (χ2v) is 17.1. The van der Waals surface area contributed by atoms with Crippen LogP contribution in [0.2, 0.25) is 0 Å². The molecule has 5 saturated heterocycles. The van der Waals surface area contributed by atoms with E-state index in [1.54, 1.807) is 0 Å². The summed E-state index contributed by atoms with van der Waals surface area (Å²) >= 11 is 1.90. The van der Waals surface area contributed by atoms with E-state index in [1.165, 1.54) is 70.6 Å². The summed E-state index contributed by atoms with van der Waals surface area (Å²) in [5.74, 6) is 2.41. The Morgan fingerprint density at radius 2 is 1.81 bits per heavy atom. The minimum Gasteiger partial charge on any atom is -0.368 e. The van der Waals surface area contributed by atoms with Crippen LogP contribution in [0.1, 0.15) is 104 Å². The van der Waals surface area contributed by atoms with Crippen LogP contribution in [0.5, 0.6) is 0 Å². The van der Waals surface area contributed by atoms with E-state index >= 15 is 0 Å². The highest BCUT2D eigenvalue weighted by atomic mass is 32.2. The van der Waals surface area contributed by atoms with Crippen molar-refractivity contribution in [1.29, 1.82) is 0 Å². The van der Waals surface area contributed by atoms with Gasteiger partial charge < -0.3 is 15.0 Å². The Morgan fingerprint density at radius 3 is 2.62 bits per heavy atom. The number of piperidine rings is 2. The lowest BCUT2D eigenvalue weighted by atomic mass is 9.90. The number of rotatable bonds is 5. The van der Waals surface area contributed by atoms with Gasteiger partial charge in [0, 0.05) is 44.1 Å². The zero-order valence-corrected chi connectivity index (χ0v) is 27.0. The van der Waals surface area contributed by atoms with E-state index in [1.807, 2.05) is 11.9 Å². The molecule has 5 heterocycles. The number of amides is 1. The normalized spacial score (nSPS) is 44.0. The molecule has 4 bridgehead atoms. The molecule has 8 rings (SSSR count). The van der Waals surface area contributed by atoms with Gasteiger partial charge in [-0.05, 0) is 127 Å². The lowest BCUT2D eigenvalue weighted by Gasteiger charge is -2.49. The van der Waals surface area contributed by atoms with Crippen LogP contribution in [0.25, 0.3) is 0 Å². The fraction of sp³-hybridized carbons (Fsp3) is 0.970. The second kappa shape index (κ2) is 11.1. The van der Waals surface area contributed by atoms with Gasteiger partial charge in [-0.25, -0.2) is 0 Å². The summed E-state index contributed by atoms with van der Waals surface area (Å²) in [6.45, 7) is 9.79. The van der Waals surface area contributed by atoms with Crippen LogP contribution >= 0.6 is 11.9 Å². The Morgan fingerprint density at radius 1 is 0.976 bits per heavy atom. The number of likely N-dealkylation sites (tertiary alicyclic amines) is 1. The van der Waals surface area contributed by atoms with E-state index in [0.29, 0.717) is 23.6 Å². The van der Waals surface area contributed by atoms with E-state index in [-0.39, 0.29) is 23.7 Å². The molecule has 8 nitrogen and oxygen atoms in total. The molecule has 0 aromatic carbocycles. The first-order valence-corrected chi connectivity index (χ1v) is 18.6. The van der Waals surface area contributed by atoms with Gasteiger partial charge in [0.2, 0.25) is 0 Å². The monoisotopic (exact) mass is 600 g/mol. The number of nitrogens with one attached hydrogen (secondary N) is 4. The average molecular weight is 601 g/mol. The second-order valence-electron chi connectivity index (χ2n) is 16.0. The van der Waals surface area contributed by atoms with E-state index in [2.05, 4.69) is 44.3 Å². The first-order chi connectivity index (χ1) is 20.4. The molecule has 5 aliphatic heterocycles. The van der Waals surface area contributed by atoms with Crippen molar-refractivity contribution in [2.24, 2.45) is 28.6 Å². The fourth-order valence-electron chi connectivity index (χ4n) is 10.7. The molecule has 8 atom stereocenters. The third-order valence-electron chi connectivity index (χ3n) is 13.2. The number of nitrogens with zero attached hydrogens (tertiary/aromatic N) is 2. The number of ether oxygens (including phenoxy) is 1. The van der Waals surface area contributed by atoms with Crippen LogP contribution in [0.4, 0.5) is 0 Å². The number of carbonyl (C=O) groups is 1. The van der Waals surface area contributed by atoms with Crippen molar-refractivity contribution in [3.8, 4) is 0 Å². The third kappa shape index (κ3) is 5.19. The van der Waals surface area contributed by atoms with Gasteiger partial charge in [0.05, 0.1) is 23.9 Å². The topological polar surface area (TPSA) is 80.9 Å². The largest absolute Gasteiger partial charge is 0.368 e. The molecule has 3 saturated carbocycles. The smallest absolute Gasteiger partial charge is 0.253 e. The van der Waals surface area contributed by atoms with Gasteiger partial charge in [-0.3, -0.25) is 25.1 Å². The van der Waals surface area contributed by atoms with Gasteiger partial charge in [0.1, 0.15) is 6.10 Å². The summed E-state index contributed by atoms with van der Waals surface area (Å²) in [5, 5.41) is 12.2. The molecular formula is C33H56N6O2S. The zero-order chi connectivity index (χ0) is 28.5. The van der Waals surface area contributed by atoms with Crippen LogP contribution in [0.3, 0.4) is 0 Å². The molecule has 0 radical (unpaired) electrons. The maximum absolute atomic E-state index is 13.7. The molecular weight excluding hydrogens is 544 g/mol. The average Bonchev–Trinajstić information content (AvgIpc) is 3.92. The summed E-state index contributed by atoms with van der Waals surface area (Å²) < 4.78 is 10.1. The fourth-order valence-corrected chi connectivity index (χ4v) is 11.8. The SMILES string of the molecule is CC1(C)C[C@@H]2CCCNC3CCCC(N3)SNCC3CCC(N4CCC(OCCC5C6(CC6)C56CC6)C4=O)NC3N1C2. The summed E-state index contributed by atoms with van der Waals surface area (Å²) in [5.41, 5.74) is 1.63. The lowest BCUT2D eigenvalue weighted by molar-refractivity contribution is -0.141.